The first-order chi connectivity index (χ1) is 6.22. The highest BCUT2D eigenvalue weighted by Crippen LogP contribution is 2.32. The van der Waals surface area contributed by atoms with E-state index in [1.807, 2.05) is 27.7 Å². The van der Waals surface area contributed by atoms with Crippen molar-refractivity contribution in [1.82, 2.24) is 15.0 Å². The summed E-state index contributed by atoms with van der Waals surface area (Å²) in [6, 6.07) is 0. The normalized spacial score (nSPS) is 16.7. The Bertz CT molecular complexity index is 309. The molecule has 80 valence electrons. The summed E-state index contributed by atoms with van der Waals surface area (Å²) in [6.45, 7) is 7.89. The number of rotatable bonds is 2. The van der Waals surface area contributed by atoms with Crippen LogP contribution in [0.25, 0.3) is 0 Å². The van der Waals surface area contributed by atoms with Crippen molar-refractivity contribution in [2.75, 3.05) is 0 Å². The SMILES string of the molecule is Cn1ncc(CC(C)(O)C(C)(C)C)n1. The summed E-state index contributed by atoms with van der Waals surface area (Å²) in [4.78, 5) is 1.51. The van der Waals surface area contributed by atoms with Gasteiger partial charge in [-0.3, -0.25) is 0 Å². The molecule has 4 nitrogen and oxygen atoms in total. The van der Waals surface area contributed by atoms with Crippen LogP contribution in [0.5, 0.6) is 0 Å². The van der Waals surface area contributed by atoms with Crippen molar-refractivity contribution in [3.63, 3.8) is 0 Å². The van der Waals surface area contributed by atoms with Crippen LogP contribution in [0.15, 0.2) is 6.20 Å². The zero-order chi connectivity index (χ0) is 11.0. The monoisotopic (exact) mass is 197 g/mol. The fourth-order valence-corrected chi connectivity index (χ4v) is 1.09. The van der Waals surface area contributed by atoms with Crippen molar-refractivity contribution < 1.29 is 5.11 Å². The Balaban J connectivity index is 2.78. The van der Waals surface area contributed by atoms with Crippen LogP contribution in [0.4, 0.5) is 0 Å². The number of nitrogens with zero attached hydrogens (tertiary/aromatic N) is 3. The molecule has 0 amide bonds. The topological polar surface area (TPSA) is 50.9 Å². The number of hydrogen-bond acceptors (Lipinski definition) is 3. The van der Waals surface area contributed by atoms with Crippen LogP contribution in [0.1, 0.15) is 33.4 Å². The molecule has 0 aliphatic carbocycles. The molecular formula is C10H19N3O. The fraction of sp³-hybridized carbons (Fsp3) is 0.800. The van der Waals surface area contributed by atoms with Crippen molar-refractivity contribution in [2.45, 2.75) is 39.7 Å². The minimum atomic E-state index is -0.761. The third kappa shape index (κ3) is 2.32. The van der Waals surface area contributed by atoms with E-state index in [2.05, 4.69) is 10.2 Å². The average Bonchev–Trinajstić information content (AvgIpc) is 2.31. The van der Waals surface area contributed by atoms with Crippen molar-refractivity contribution in [2.24, 2.45) is 12.5 Å². The minimum absolute atomic E-state index is 0.162. The first kappa shape index (κ1) is 11.2. The highest BCUT2D eigenvalue weighted by atomic mass is 16.3. The summed E-state index contributed by atoms with van der Waals surface area (Å²) in [5.74, 6) is 0. The van der Waals surface area contributed by atoms with Gasteiger partial charge in [-0.1, -0.05) is 20.8 Å². The van der Waals surface area contributed by atoms with Crippen LogP contribution >= 0.6 is 0 Å². The largest absolute Gasteiger partial charge is 0.389 e. The molecule has 0 bridgehead atoms. The van der Waals surface area contributed by atoms with Gasteiger partial charge in [0, 0.05) is 13.5 Å². The molecule has 0 saturated carbocycles. The Morgan fingerprint density at radius 3 is 2.29 bits per heavy atom. The molecule has 1 aromatic heterocycles. The second-order valence-corrected chi connectivity index (χ2v) is 5.03. The van der Waals surface area contributed by atoms with Crippen LogP contribution in [0, 0.1) is 5.41 Å². The quantitative estimate of drug-likeness (QED) is 0.774. The van der Waals surface area contributed by atoms with E-state index in [1.54, 1.807) is 13.2 Å². The van der Waals surface area contributed by atoms with Crippen molar-refractivity contribution >= 4 is 0 Å². The van der Waals surface area contributed by atoms with Crippen molar-refractivity contribution in [3.8, 4) is 0 Å². The van der Waals surface area contributed by atoms with E-state index in [0.717, 1.165) is 5.69 Å². The van der Waals surface area contributed by atoms with Gasteiger partial charge in [0.1, 0.15) is 0 Å². The van der Waals surface area contributed by atoms with Gasteiger partial charge in [0.25, 0.3) is 0 Å². The van der Waals surface area contributed by atoms with Crippen LogP contribution < -0.4 is 0 Å². The van der Waals surface area contributed by atoms with E-state index < -0.39 is 5.60 Å². The summed E-state index contributed by atoms with van der Waals surface area (Å²) in [5, 5.41) is 18.4. The van der Waals surface area contributed by atoms with Gasteiger partial charge >= 0.3 is 0 Å². The van der Waals surface area contributed by atoms with Gasteiger partial charge in [0.2, 0.25) is 0 Å². The Morgan fingerprint density at radius 1 is 1.36 bits per heavy atom. The smallest absolute Gasteiger partial charge is 0.0855 e. The van der Waals surface area contributed by atoms with Crippen LogP contribution in [0.3, 0.4) is 0 Å². The van der Waals surface area contributed by atoms with Crippen LogP contribution in [0.2, 0.25) is 0 Å². The Hall–Kier alpha value is -0.900. The molecular weight excluding hydrogens is 178 g/mol. The zero-order valence-electron chi connectivity index (χ0n) is 9.57. The van der Waals surface area contributed by atoms with Crippen molar-refractivity contribution in [1.29, 1.82) is 0 Å². The lowest BCUT2D eigenvalue weighted by molar-refractivity contribution is -0.0413. The predicted octanol–water partition coefficient (Wildman–Crippen LogP) is 1.15. The molecule has 1 rings (SSSR count). The van der Waals surface area contributed by atoms with E-state index in [9.17, 15) is 5.11 Å². The van der Waals surface area contributed by atoms with E-state index >= 15 is 0 Å². The molecule has 0 aliphatic heterocycles. The maximum atomic E-state index is 10.2. The molecule has 0 aliphatic rings. The van der Waals surface area contributed by atoms with Gasteiger partial charge in [-0.15, -0.1) is 0 Å². The summed E-state index contributed by atoms with van der Waals surface area (Å²) in [5.41, 5.74) is -0.0967. The van der Waals surface area contributed by atoms with E-state index in [-0.39, 0.29) is 5.41 Å². The van der Waals surface area contributed by atoms with Crippen molar-refractivity contribution in [3.05, 3.63) is 11.9 Å². The second kappa shape index (κ2) is 3.35. The average molecular weight is 197 g/mol. The van der Waals surface area contributed by atoms with Gasteiger partial charge in [-0.2, -0.15) is 15.0 Å². The Kier molecular flexibility index (Phi) is 2.67. The third-order valence-corrected chi connectivity index (χ3v) is 2.79. The van der Waals surface area contributed by atoms with Gasteiger partial charge in [0.05, 0.1) is 17.5 Å². The minimum Gasteiger partial charge on any atom is -0.389 e. The number of aromatic nitrogens is 3. The molecule has 1 unspecified atom stereocenters. The third-order valence-electron chi connectivity index (χ3n) is 2.79. The lowest BCUT2D eigenvalue weighted by Crippen LogP contribution is -2.41. The fourth-order valence-electron chi connectivity index (χ4n) is 1.09. The summed E-state index contributed by atoms with van der Waals surface area (Å²) in [6.07, 6.45) is 2.23. The maximum Gasteiger partial charge on any atom is 0.0855 e. The molecule has 0 aromatic carbocycles. The van der Waals surface area contributed by atoms with E-state index in [1.165, 1.54) is 4.80 Å². The first-order valence-corrected chi connectivity index (χ1v) is 4.80. The highest BCUT2D eigenvalue weighted by molar-refractivity contribution is 5.01. The van der Waals surface area contributed by atoms with E-state index in [4.69, 9.17) is 0 Å². The molecule has 0 spiro atoms. The zero-order valence-corrected chi connectivity index (χ0v) is 9.57. The molecule has 1 aromatic rings. The van der Waals surface area contributed by atoms with Crippen LogP contribution in [-0.2, 0) is 13.5 Å². The lowest BCUT2D eigenvalue weighted by Gasteiger charge is -2.36. The molecule has 4 heteroatoms. The van der Waals surface area contributed by atoms with Gasteiger partial charge in [-0.25, -0.2) is 0 Å². The number of aryl methyl sites for hydroxylation is 1. The second-order valence-electron chi connectivity index (χ2n) is 5.03. The van der Waals surface area contributed by atoms with E-state index in [0.29, 0.717) is 6.42 Å². The molecule has 0 saturated heterocycles. The summed E-state index contributed by atoms with van der Waals surface area (Å²) >= 11 is 0. The molecule has 0 radical (unpaired) electrons. The van der Waals surface area contributed by atoms with Gasteiger partial charge in [0.15, 0.2) is 0 Å². The maximum absolute atomic E-state index is 10.2. The summed E-state index contributed by atoms with van der Waals surface area (Å²) in [7, 11) is 1.77. The highest BCUT2D eigenvalue weighted by Gasteiger charge is 2.35. The van der Waals surface area contributed by atoms with Crippen LogP contribution in [-0.4, -0.2) is 25.7 Å². The first-order valence-electron chi connectivity index (χ1n) is 4.80. The standard InChI is InChI=1S/C10H19N3O/c1-9(2,3)10(4,14)6-8-7-11-13(5)12-8/h7,14H,6H2,1-5H3. The number of aliphatic hydroxyl groups is 1. The Labute approximate surface area is 84.9 Å². The molecule has 1 N–H and O–H groups in total. The number of hydrogen-bond donors (Lipinski definition) is 1. The van der Waals surface area contributed by atoms with Gasteiger partial charge < -0.3 is 5.11 Å². The predicted molar refractivity (Wildman–Crippen MR) is 54.8 cm³/mol. The molecule has 0 fully saturated rings. The molecule has 1 atom stereocenters. The molecule has 14 heavy (non-hydrogen) atoms. The lowest BCUT2D eigenvalue weighted by atomic mass is 9.75. The summed E-state index contributed by atoms with van der Waals surface area (Å²) < 4.78 is 0. The van der Waals surface area contributed by atoms with Gasteiger partial charge in [-0.05, 0) is 12.3 Å². The Morgan fingerprint density at radius 2 is 1.93 bits per heavy atom. The molecule has 1 heterocycles.